The quantitative estimate of drug-likeness (QED) is 0.264. The van der Waals surface area contributed by atoms with Crippen molar-refractivity contribution < 1.29 is 28.9 Å². The number of esters is 1. The Morgan fingerprint density at radius 2 is 1.74 bits per heavy atom. The zero-order valence-electron chi connectivity index (χ0n) is 24.2. The number of likely N-dealkylation sites (N-methyl/N-ethyl adjacent to an activating group) is 1. The van der Waals surface area contributed by atoms with Crippen molar-refractivity contribution in [2.75, 3.05) is 33.3 Å². The van der Waals surface area contributed by atoms with E-state index >= 15 is 0 Å². The van der Waals surface area contributed by atoms with Gasteiger partial charge in [-0.05, 0) is 42.8 Å². The van der Waals surface area contributed by atoms with Gasteiger partial charge in [0.25, 0.3) is 0 Å². The van der Waals surface area contributed by atoms with Gasteiger partial charge in [0.15, 0.2) is 6.29 Å². The number of amides is 2. The molecule has 3 aromatic rings. The number of carbonyl (C=O) groups excluding carboxylic acids is 2. The van der Waals surface area contributed by atoms with Crippen molar-refractivity contribution in [3.63, 3.8) is 0 Å². The Bertz CT molecular complexity index is 1260. The molecule has 0 radical (unpaired) electrons. The van der Waals surface area contributed by atoms with Gasteiger partial charge in [0.05, 0.1) is 25.4 Å². The van der Waals surface area contributed by atoms with Gasteiger partial charge in [-0.1, -0.05) is 54.6 Å². The summed E-state index contributed by atoms with van der Waals surface area (Å²) in [5.74, 6) is -0.482. The van der Waals surface area contributed by atoms with E-state index in [2.05, 4.69) is 27.6 Å². The SMILES string of the molecule is CCOC(=O)CNC(=O)NCc1ccc([C@@H]2O[C@H](CN(C)CCc3ccccn3)C[C@H](c3ccc(CO)cc3)O2)cc1. The Morgan fingerprint density at radius 3 is 2.43 bits per heavy atom. The third-order valence-corrected chi connectivity index (χ3v) is 7.01. The Labute approximate surface area is 247 Å². The molecule has 2 aromatic carbocycles. The van der Waals surface area contributed by atoms with E-state index < -0.39 is 18.3 Å². The second-order valence-corrected chi connectivity index (χ2v) is 10.3. The minimum absolute atomic E-state index is 0.00447. The normalized spacial score (nSPS) is 18.4. The van der Waals surface area contributed by atoms with Gasteiger partial charge in [-0.15, -0.1) is 0 Å². The lowest BCUT2D eigenvalue weighted by atomic mass is 9.99. The first kappa shape index (κ1) is 31.1. The van der Waals surface area contributed by atoms with Gasteiger partial charge in [0.2, 0.25) is 0 Å². The topological polar surface area (TPSA) is 122 Å². The van der Waals surface area contributed by atoms with E-state index in [0.29, 0.717) is 13.0 Å². The molecule has 0 spiro atoms. The van der Waals surface area contributed by atoms with Gasteiger partial charge in [0.1, 0.15) is 6.54 Å². The van der Waals surface area contributed by atoms with Crippen molar-refractivity contribution in [2.45, 2.75) is 51.4 Å². The lowest BCUT2D eigenvalue weighted by Crippen LogP contribution is -2.38. The molecule has 10 heteroatoms. The molecule has 0 unspecified atom stereocenters. The number of rotatable bonds is 13. The number of aliphatic hydroxyl groups is 1. The van der Waals surface area contributed by atoms with E-state index in [1.54, 1.807) is 6.92 Å². The molecule has 0 saturated carbocycles. The minimum Gasteiger partial charge on any atom is -0.465 e. The predicted molar refractivity (Wildman–Crippen MR) is 157 cm³/mol. The van der Waals surface area contributed by atoms with E-state index in [9.17, 15) is 14.7 Å². The molecular weight excluding hydrogens is 536 g/mol. The molecule has 42 heavy (non-hydrogen) atoms. The average molecular weight is 577 g/mol. The number of carbonyl (C=O) groups is 2. The molecule has 1 saturated heterocycles. The van der Waals surface area contributed by atoms with E-state index in [1.165, 1.54) is 0 Å². The van der Waals surface area contributed by atoms with Crippen LogP contribution in [0, 0.1) is 0 Å². The highest BCUT2D eigenvalue weighted by atomic mass is 16.7. The molecule has 224 valence electrons. The summed E-state index contributed by atoms with van der Waals surface area (Å²) in [6.07, 6.45) is 2.57. The molecule has 1 aromatic heterocycles. The number of aromatic nitrogens is 1. The highest BCUT2D eigenvalue weighted by Gasteiger charge is 2.32. The second-order valence-electron chi connectivity index (χ2n) is 10.3. The van der Waals surface area contributed by atoms with Crippen LogP contribution in [0.4, 0.5) is 4.79 Å². The molecule has 1 aliphatic heterocycles. The molecule has 3 atom stereocenters. The first-order valence-corrected chi connectivity index (χ1v) is 14.3. The first-order valence-electron chi connectivity index (χ1n) is 14.3. The third kappa shape index (κ3) is 9.63. The van der Waals surface area contributed by atoms with Gasteiger partial charge in [0, 0.05) is 49.9 Å². The summed E-state index contributed by atoms with van der Waals surface area (Å²) in [5.41, 5.74) is 4.72. The van der Waals surface area contributed by atoms with Crippen LogP contribution in [-0.4, -0.2) is 66.4 Å². The van der Waals surface area contributed by atoms with Gasteiger partial charge < -0.3 is 34.9 Å². The molecule has 2 amide bonds. The molecule has 10 nitrogen and oxygen atoms in total. The summed E-state index contributed by atoms with van der Waals surface area (Å²) in [4.78, 5) is 30.1. The highest BCUT2D eigenvalue weighted by Crippen LogP contribution is 2.38. The van der Waals surface area contributed by atoms with Gasteiger partial charge >= 0.3 is 12.0 Å². The highest BCUT2D eigenvalue weighted by molar-refractivity contribution is 5.80. The molecule has 2 heterocycles. The van der Waals surface area contributed by atoms with E-state index in [-0.39, 0.29) is 32.0 Å². The Morgan fingerprint density at radius 1 is 1.00 bits per heavy atom. The number of hydrogen-bond acceptors (Lipinski definition) is 8. The summed E-state index contributed by atoms with van der Waals surface area (Å²) in [5, 5.41) is 14.7. The van der Waals surface area contributed by atoms with Crippen LogP contribution in [0.15, 0.2) is 72.9 Å². The maximum atomic E-state index is 12.0. The fourth-order valence-corrected chi connectivity index (χ4v) is 4.73. The van der Waals surface area contributed by atoms with Crippen LogP contribution in [0.25, 0.3) is 0 Å². The van der Waals surface area contributed by atoms with Crippen LogP contribution in [0.2, 0.25) is 0 Å². The standard InChI is InChI=1S/C32H40N4O6/c1-3-40-30(38)20-35-32(39)34-19-23-7-13-26(14-8-23)31-41-28(21-36(2)17-15-27-6-4-5-16-33-27)18-29(42-31)25-11-9-24(22-37)10-12-25/h4-14,16,28-29,31,37H,3,15,17-22H2,1-2H3,(H2,34,35,39)/t28-,29+,31+/m0/s1. The summed E-state index contributed by atoms with van der Waals surface area (Å²) >= 11 is 0. The number of pyridine rings is 1. The van der Waals surface area contributed by atoms with E-state index in [1.807, 2.05) is 72.9 Å². The molecule has 3 N–H and O–H groups in total. The van der Waals surface area contributed by atoms with E-state index in [4.69, 9.17) is 14.2 Å². The van der Waals surface area contributed by atoms with Gasteiger partial charge in [-0.25, -0.2) is 4.79 Å². The monoisotopic (exact) mass is 576 g/mol. The van der Waals surface area contributed by atoms with Crippen molar-refractivity contribution in [3.8, 4) is 0 Å². The lowest BCUT2D eigenvalue weighted by molar-refractivity contribution is -0.252. The number of benzene rings is 2. The molecular formula is C32H40N4O6. The number of urea groups is 1. The van der Waals surface area contributed by atoms with Crippen LogP contribution < -0.4 is 10.6 Å². The van der Waals surface area contributed by atoms with Crippen LogP contribution in [-0.2, 0) is 38.6 Å². The molecule has 1 aliphatic rings. The molecule has 1 fully saturated rings. The number of nitrogens with zero attached hydrogens (tertiary/aromatic N) is 2. The van der Waals surface area contributed by atoms with Crippen molar-refractivity contribution in [3.05, 3.63) is 101 Å². The lowest BCUT2D eigenvalue weighted by Gasteiger charge is -2.38. The zero-order valence-corrected chi connectivity index (χ0v) is 24.2. The van der Waals surface area contributed by atoms with Crippen molar-refractivity contribution in [1.29, 1.82) is 0 Å². The molecule has 0 bridgehead atoms. The fraction of sp³-hybridized carbons (Fsp3) is 0.406. The number of aliphatic hydroxyl groups excluding tert-OH is 1. The van der Waals surface area contributed by atoms with Crippen LogP contribution in [0.5, 0.6) is 0 Å². The number of hydrogen-bond donors (Lipinski definition) is 3. The molecule has 4 rings (SSSR count). The summed E-state index contributed by atoms with van der Waals surface area (Å²) in [6, 6.07) is 21.1. The minimum atomic E-state index is -0.564. The predicted octanol–water partition coefficient (Wildman–Crippen LogP) is 3.66. The number of nitrogens with one attached hydrogen (secondary N) is 2. The second kappa shape index (κ2) is 16.0. The largest absolute Gasteiger partial charge is 0.465 e. The Hall–Kier alpha value is -3.83. The molecule has 0 aliphatic carbocycles. The van der Waals surface area contributed by atoms with Crippen LogP contribution in [0.3, 0.4) is 0 Å². The van der Waals surface area contributed by atoms with Gasteiger partial charge in [-0.3, -0.25) is 9.78 Å². The first-order chi connectivity index (χ1) is 20.4. The van der Waals surface area contributed by atoms with Crippen molar-refractivity contribution in [2.24, 2.45) is 0 Å². The zero-order chi connectivity index (χ0) is 29.7. The summed E-state index contributed by atoms with van der Waals surface area (Å²) in [7, 11) is 2.09. The summed E-state index contributed by atoms with van der Waals surface area (Å²) in [6.45, 7) is 3.68. The van der Waals surface area contributed by atoms with Gasteiger partial charge in [-0.2, -0.15) is 0 Å². The number of ether oxygens (including phenoxy) is 3. The van der Waals surface area contributed by atoms with E-state index in [0.717, 1.165) is 47.5 Å². The van der Waals surface area contributed by atoms with Crippen LogP contribution >= 0.6 is 0 Å². The Kier molecular flexibility index (Phi) is 11.8. The Balaban J connectivity index is 1.38. The van der Waals surface area contributed by atoms with Crippen LogP contribution in [0.1, 0.15) is 53.7 Å². The average Bonchev–Trinajstić information content (AvgIpc) is 3.02. The maximum Gasteiger partial charge on any atom is 0.325 e. The maximum absolute atomic E-state index is 12.0. The van der Waals surface area contributed by atoms with Crippen molar-refractivity contribution >= 4 is 12.0 Å². The third-order valence-electron chi connectivity index (χ3n) is 7.01. The summed E-state index contributed by atoms with van der Waals surface area (Å²) < 4.78 is 17.7. The fourth-order valence-electron chi connectivity index (χ4n) is 4.73. The van der Waals surface area contributed by atoms with Crippen molar-refractivity contribution in [1.82, 2.24) is 20.5 Å². The smallest absolute Gasteiger partial charge is 0.325 e.